The highest BCUT2D eigenvalue weighted by molar-refractivity contribution is 7.27. The number of para-hydroxylation sites is 2. The van der Waals surface area contributed by atoms with Gasteiger partial charge in [0.2, 0.25) is 0 Å². The second-order valence-corrected chi connectivity index (χ2v) is 15.6. The fourth-order valence-electron chi connectivity index (χ4n) is 9.72. The molecule has 0 bridgehead atoms. The van der Waals surface area contributed by atoms with Crippen molar-refractivity contribution >= 4 is 104 Å². The lowest BCUT2D eigenvalue weighted by atomic mass is 9.40. The Morgan fingerprint density at radius 1 is 0.660 bits per heavy atom. The molecule has 1 atom stereocenters. The lowest BCUT2D eigenvalue weighted by molar-refractivity contribution is 0.667. The third kappa shape index (κ3) is 2.68. The number of thiophene rings is 2. The third-order valence-corrected chi connectivity index (χ3v) is 13.8. The van der Waals surface area contributed by atoms with E-state index >= 15 is 0 Å². The Hall–Kier alpha value is -5.10. The van der Waals surface area contributed by atoms with Crippen molar-refractivity contribution in [2.45, 2.75) is 12.3 Å². The fourth-order valence-corrected chi connectivity index (χ4v) is 12.2. The molecule has 0 saturated carbocycles. The Bertz CT molecular complexity index is 3080. The summed E-state index contributed by atoms with van der Waals surface area (Å²) < 4.78 is 13.6. The van der Waals surface area contributed by atoms with E-state index in [-0.39, 0.29) is 12.8 Å². The van der Waals surface area contributed by atoms with Crippen LogP contribution in [0.1, 0.15) is 22.6 Å². The molecule has 2 aliphatic heterocycles. The quantitative estimate of drug-likeness (QED) is 0.152. The van der Waals surface area contributed by atoms with Gasteiger partial charge in [-0.25, -0.2) is 0 Å². The van der Waals surface area contributed by atoms with Crippen LogP contribution in [0.4, 0.5) is 0 Å². The summed E-state index contributed by atoms with van der Waals surface area (Å²) in [4.78, 5) is 1.45. The first kappa shape index (κ1) is 24.1. The maximum atomic E-state index is 6.76. The normalized spacial score (nSPS) is 15.7. The molecule has 6 aromatic carbocycles. The molecule has 5 heteroatoms. The first-order chi connectivity index (χ1) is 23.3. The zero-order chi connectivity index (χ0) is 30.1. The van der Waals surface area contributed by atoms with Crippen LogP contribution in [0, 0.1) is 0 Å². The summed E-state index contributed by atoms with van der Waals surface area (Å²) in [6, 6.07) is 43.2. The van der Waals surface area contributed by atoms with Gasteiger partial charge in [0.25, 0.3) is 0 Å². The standard InChI is InChI=1S/C42H22BNOS2/c1-4-16-31-22(10-1)36-32(45-31)20-28-27-19-29-21-9-2-5-17-33(21)46-41(29)25-13-8-15-30(35(25)27)43-38(28)37(36)24-12-7-14-26-39(24)44(43)40-23-11-3-6-18-34(23)47-42(26)40/h1-18,20,27H,19H2. The molecule has 13 rings (SSSR count). The number of fused-ring (bicyclic) bond motifs is 17. The van der Waals surface area contributed by atoms with Gasteiger partial charge < -0.3 is 8.90 Å². The molecule has 1 unspecified atom stereocenters. The Labute approximate surface area is 277 Å². The Balaban J connectivity index is 1.28. The zero-order valence-corrected chi connectivity index (χ0v) is 26.6. The Morgan fingerprint density at radius 2 is 1.40 bits per heavy atom. The van der Waals surface area contributed by atoms with Crippen molar-refractivity contribution in [1.82, 2.24) is 4.48 Å². The van der Waals surface area contributed by atoms with Crippen molar-refractivity contribution in [3.63, 3.8) is 0 Å². The topological polar surface area (TPSA) is 18.1 Å². The van der Waals surface area contributed by atoms with Crippen LogP contribution >= 0.6 is 22.7 Å². The van der Waals surface area contributed by atoms with Gasteiger partial charge in [-0.1, -0.05) is 91.0 Å². The molecule has 47 heavy (non-hydrogen) atoms. The monoisotopic (exact) mass is 631 g/mol. The van der Waals surface area contributed by atoms with E-state index in [1.165, 1.54) is 101 Å². The summed E-state index contributed by atoms with van der Waals surface area (Å²) in [7, 11) is 0. The summed E-state index contributed by atoms with van der Waals surface area (Å²) >= 11 is 3.91. The Kier molecular flexibility index (Phi) is 4.14. The van der Waals surface area contributed by atoms with Gasteiger partial charge in [-0.15, -0.1) is 22.7 Å². The van der Waals surface area contributed by atoms with Crippen molar-refractivity contribution in [2.75, 3.05) is 0 Å². The molecular formula is C42H22BNOS2. The van der Waals surface area contributed by atoms with Gasteiger partial charge in [-0.05, 0) is 74.8 Å². The van der Waals surface area contributed by atoms with Crippen molar-refractivity contribution in [3.05, 3.63) is 132 Å². The second-order valence-electron chi connectivity index (χ2n) is 13.4. The lowest BCUT2D eigenvalue weighted by Gasteiger charge is -2.40. The van der Waals surface area contributed by atoms with Gasteiger partial charge in [-0.3, -0.25) is 0 Å². The van der Waals surface area contributed by atoms with Crippen LogP contribution in [0.25, 0.3) is 84.8 Å². The average Bonchev–Trinajstić information content (AvgIpc) is 3.87. The van der Waals surface area contributed by atoms with Gasteiger partial charge in [-0.2, -0.15) is 0 Å². The van der Waals surface area contributed by atoms with Crippen molar-refractivity contribution < 1.29 is 4.42 Å². The molecule has 0 amide bonds. The van der Waals surface area contributed by atoms with Gasteiger partial charge >= 0.3 is 6.85 Å². The van der Waals surface area contributed by atoms with E-state index in [2.05, 4.69) is 120 Å². The smallest absolute Gasteiger partial charge is 0.329 e. The van der Waals surface area contributed by atoms with Crippen LogP contribution in [-0.2, 0) is 6.42 Å². The van der Waals surface area contributed by atoms with Crippen molar-refractivity contribution in [2.24, 2.45) is 0 Å². The number of benzene rings is 6. The van der Waals surface area contributed by atoms with E-state index in [4.69, 9.17) is 4.42 Å². The van der Waals surface area contributed by atoms with E-state index in [1.807, 2.05) is 22.7 Å². The zero-order valence-electron chi connectivity index (χ0n) is 25.0. The average molecular weight is 632 g/mol. The molecule has 1 aliphatic carbocycles. The largest absolute Gasteiger partial charge is 0.456 e. The van der Waals surface area contributed by atoms with Crippen molar-refractivity contribution in [3.8, 4) is 21.6 Å². The highest BCUT2D eigenvalue weighted by atomic mass is 32.1. The highest BCUT2D eigenvalue weighted by Gasteiger charge is 2.47. The second kappa shape index (κ2) is 8.06. The molecule has 6 heterocycles. The lowest BCUT2D eigenvalue weighted by Crippen LogP contribution is -2.57. The van der Waals surface area contributed by atoms with E-state index < -0.39 is 0 Å². The van der Waals surface area contributed by atoms with E-state index in [1.54, 1.807) is 0 Å². The summed E-state index contributed by atoms with van der Waals surface area (Å²) in [5.74, 6) is 0.264. The van der Waals surface area contributed by atoms with Crippen LogP contribution < -0.4 is 10.9 Å². The highest BCUT2D eigenvalue weighted by Crippen LogP contribution is 2.54. The minimum Gasteiger partial charge on any atom is -0.456 e. The van der Waals surface area contributed by atoms with Gasteiger partial charge in [0.15, 0.2) is 0 Å². The summed E-state index contributed by atoms with van der Waals surface area (Å²) in [6.07, 6.45) is 1.01. The van der Waals surface area contributed by atoms with E-state index in [0.717, 1.165) is 17.6 Å². The first-order valence-corrected chi connectivity index (χ1v) is 18.0. The summed E-state index contributed by atoms with van der Waals surface area (Å²) in [5, 5.41) is 6.59. The molecular weight excluding hydrogens is 609 g/mol. The van der Waals surface area contributed by atoms with Gasteiger partial charge in [0, 0.05) is 52.8 Å². The van der Waals surface area contributed by atoms with Crippen LogP contribution in [-0.4, -0.2) is 11.3 Å². The Morgan fingerprint density at radius 3 is 2.32 bits per heavy atom. The maximum absolute atomic E-state index is 6.76. The number of rotatable bonds is 0. The molecule has 0 radical (unpaired) electrons. The molecule has 3 aliphatic rings. The third-order valence-electron chi connectivity index (χ3n) is 11.4. The van der Waals surface area contributed by atoms with Crippen LogP contribution in [0.15, 0.2) is 120 Å². The molecule has 0 fully saturated rings. The summed E-state index contributed by atoms with van der Waals surface area (Å²) in [6.45, 7) is 0.0769. The molecule has 0 N–H and O–H groups in total. The molecule has 0 saturated heterocycles. The number of furan rings is 1. The fraction of sp³-hybridized carbons (Fsp3) is 0.0476. The predicted molar refractivity (Wildman–Crippen MR) is 201 cm³/mol. The molecule has 10 aromatic rings. The van der Waals surface area contributed by atoms with Gasteiger partial charge in [0.05, 0.1) is 10.2 Å². The van der Waals surface area contributed by atoms with E-state index in [0.29, 0.717) is 0 Å². The maximum Gasteiger partial charge on any atom is 0.329 e. The number of hydrogen-bond donors (Lipinski definition) is 0. The minimum atomic E-state index is 0.0769. The van der Waals surface area contributed by atoms with Crippen LogP contribution in [0.5, 0.6) is 0 Å². The van der Waals surface area contributed by atoms with Gasteiger partial charge in [0.1, 0.15) is 11.2 Å². The van der Waals surface area contributed by atoms with Crippen molar-refractivity contribution in [1.29, 1.82) is 0 Å². The SMILES string of the molecule is c1cc2c3c(c1)-c1sc4ccccc4c1CC3c1cc3oc4ccccc4c3c3c1B2n1c2c-3cccc2c2sc3ccccc3c21. The molecule has 216 valence electrons. The molecule has 0 spiro atoms. The first-order valence-electron chi connectivity index (χ1n) is 16.4. The summed E-state index contributed by atoms with van der Waals surface area (Å²) in [5.41, 5.74) is 16.2. The molecule has 4 aromatic heterocycles. The van der Waals surface area contributed by atoms with Crippen LogP contribution in [0.2, 0.25) is 0 Å². The number of nitrogens with zero attached hydrogens (tertiary/aromatic N) is 1. The predicted octanol–water partition coefficient (Wildman–Crippen LogP) is 10.4. The van der Waals surface area contributed by atoms with E-state index in [9.17, 15) is 0 Å². The number of hydrogen-bond acceptors (Lipinski definition) is 3. The number of aromatic nitrogens is 1. The minimum absolute atomic E-state index is 0.0769. The van der Waals surface area contributed by atoms with Crippen LogP contribution in [0.3, 0.4) is 0 Å². The molecule has 2 nitrogen and oxygen atoms in total.